The molecule has 0 aliphatic carbocycles. The summed E-state index contributed by atoms with van der Waals surface area (Å²) < 4.78 is 95.6. The fraction of sp³-hybridized carbons (Fsp3) is 0.387. The highest BCUT2D eigenvalue weighted by Crippen LogP contribution is 2.43. The van der Waals surface area contributed by atoms with E-state index < -0.39 is 76.8 Å². The van der Waals surface area contributed by atoms with Crippen LogP contribution in [0.15, 0.2) is 48.7 Å². The summed E-state index contributed by atoms with van der Waals surface area (Å²) in [5.41, 5.74) is -5.65. The van der Waals surface area contributed by atoms with Gasteiger partial charge in [-0.2, -0.15) is 26.3 Å². The largest absolute Gasteiger partial charge is 0.416 e. The molecule has 3 N–H and O–H groups in total. The lowest BCUT2D eigenvalue weighted by Gasteiger charge is -2.33. The number of aromatic nitrogens is 1. The third-order valence-electron chi connectivity index (χ3n) is 8.26. The van der Waals surface area contributed by atoms with E-state index in [1.807, 2.05) is 0 Å². The molecule has 242 valence electrons. The molecular formula is C31H30F7N3O4. The standard InChI is InChI=1S/C31H30F7N3O4/c1-16-7-20(32)5-6-21(16)22-11-24(23-12-26(44)40-29(23,14-42)15-43)39-13-25(22)41(4)27(45)28(2,3)17-8-18(30(33,34)35)10-19(9-17)31(36,37)38/h5-11,13,23,42-43H,12,14-15H2,1-4H3,(H,40,44)/t23-/m1/s1. The van der Waals surface area contributed by atoms with Crippen molar-refractivity contribution in [2.75, 3.05) is 25.2 Å². The van der Waals surface area contributed by atoms with Gasteiger partial charge in [-0.15, -0.1) is 0 Å². The van der Waals surface area contributed by atoms with Gasteiger partial charge >= 0.3 is 12.4 Å². The first-order chi connectivity index (χ1) is 20.7. The van der Waals surface area contributed by atoms with Gasteiger partial charge < -0.3 is 20.4 Å². The third-order valence-corrected chi connectivity index (χ3v) is 8.26. The van der Waals surface area contributed by atoms with Crippen molar-refractivity contribution < 1.29 is 50.5 Å². The Morgan fingerprint density at radius 3 is 2.02 bits per heavy atom. The molecule has 7 nitrogen and oxygen atoms in total. The van der Waals surface area contributed by atoms with Gasteiger partial charge in [0.15, 0.2) is 0 Å². The van der Waals surface area contributed by atoms with Gasteiger partial charge in [0.05, 0.1) is 47.2 Å². The molecule has 2 aromatic carbocycles. The number of anilines is 1. The molecule has 1 atom stereocenters. The molecule has 45 heavy (non-hydrogen) atoms. The molecule has 4 rings (SSSR count). The van der Waals surface area contributed by atoms with Gasteiger partial charge in [0.25, 0.3) is 0 Å². The number of carbonyl (C=O) groups is 2. The summed E-state index contributed by atoms with van der Waals surface area (Å²) >= 11 is 0. The highest BCUT2D eigenvalue weighted by molar-refractivity contribution is 6.03. The van der Waals surface area contributed by atoms with Crippen LogP contribution >= 0.6 is 0 Å². The molecule has 1 fully saturated rings. The molecule has 0 spiro atoms. The van der Waals surface area contributed by atoms with Crippen molar-refractivity contribution in [2.24, 2.45) is 0 Å². The van der Waals surface area contributed by atoms with Gasteiger partial charge in [-0.1, -0.05) is 6.07 Å². The summed E-state index contributed by atoms with van der Waals surface area (Å²) in [5.74, 6) is -2.73. The second-order valence-corrected chi connectivity index (χ2v) is 11.6. The third kappa shape index (κ3) is 6.39. The van der Waals surface area contributed by atoms with Gasteiger partial charge in [0.1, 0.15) is 5.82 Å². The highest BCUT2D eigenvalue weighted by Gasteiger charge is 2.48. The van der Waals surface area contributed by atoms with E-state index in [1.54, 1.807) is 6.92 Å². The average molecular weight is 642 g/mol. The molecule has 2 amide bonds. The number of aliphatic hydroxyl groups excluding tert-OH is 2. The summed E-state index contributed by atoms with van der Waals surface area (Å²) in [4.78, 5) is 31.7. The number of nitrogens with one attached hydrogen (secondary N) is 1. The maximum Gasteiger partial charge on any atom is 0.416 e. The number of hydrogen-bond acceptors (Lipinski definition) is 5. The van der Waals surface area contributed by atoms with E-state index in [0.29, 0.717) is 23.3 Å². The van der Waals surface area contributed by atoms with Crippen LogP contribution in [0.3, 0.4) is 0 Å². The van der Waals surface area contributed by atoms with Crippen molar-refractivity contribution in [2.45, 2.75) is 56.4 Å². The van der Waals surface area contributed by atoms with Crippen molar-refractivity contribution in [1.82, 2.24) is 10.3 Å². The fourth-order valence-electron chi connectivity index (χ4n) is 5.57. The Morgan fingerprint density at radius 1 is 0.956 bits per heavy atom. The number of likely N-dealkylation sites (N-methyl/N-ethyl adjacent to an activating group) is 1. The average Bonchev–Trinajstić information content (AvgIpc) is 3.31. The van der Waals surface area contributed by atoms with Crippen molar-refractivity contribution in [3.8, 4) is 11.1 Å². The zero-order valence-electron chi connectivity index (χ0n) is 24.6. The van der Waals surface area contributed by atoms with Crippen molar-refractivity contribution >= 4 is 17.5 Å². The van der Waals surface area contributed by atoms with Crippen LogP contribution in [0.2, 0.25) is 0 Å². The topological polar surface area (TPSA) is 103 Å². The number of nitrogens with zero attached hydrogens (tertiary/aromatic N) is 2. The van der Waals surface area contributed by atoms with Crippen LogP contribution in [0.4, 0.5) is 36.4 Å². The summed E-state index contributed by atoms with van der Waals surface area (Å²) in [6.45, 7) is 2.72. The number of aliphatic hydroxyl groups is 2. The number of alkyl halides is 6. The van der Waals surface area contributed by atoms with Gasteiger partial charge in [0, 0.05) is 30.6 Å². The van der Waals surface area contributed by atoms with Gasteiger partial charge in [-0.3, -0.25) is 14.6 Å². The first kappa shape index (κ1) is 33.8. The number of aryl methyl sites for hydroxylation is 1. The molecule has 0 radical (unpaired) electrons. The van der Waals surface area contributed by atoms with Crippen LogP contribution in [0, 0.1) is 12.7 Å². The minimum atomic E-state index is -5.12. The normalized spacial score (nSPS) is 16.9. The lowest BCUT2D eigenvalue weighted by Crippen LogP contribution is -2.51. The van der Waals surface area contributed by atoms with E-state index in [0.717, 1.165) is 11.0 Å². The number of hydrogen-bond donors (Lipinski definition) is 3. The van der Waals surface area contributed by atoms with Crippen LogP contribution in [0.1, 0.15) is 54.1 Å². The van der Waals surface area contributed by atoms with E-state index in [1.165, 1.54) is 45.3 Å². The summed E-state index contributed by atoms with van der Waals surface area (Å²) in [5, 5.41) is 22.6. The van der Waals surface area contributed by atoms with Crippen LogP contribution in [-0.2, 0) is 27.4 Å². The molecule has 1 aliphatic rings. The highest BCUT2D eigenvalue weighted by atomic mass is 19.4. The van der Waals surface area contributed by atoms with Gasteiger partial charge in [-0.25, -0.2) is 4.39 Å². The predicted molar refractivity (Wildman–Crippen MR) is 150 cm³/mol. The second kappa shape index (κ2) is 11.7. The summed E-state index contributed by atoms with van der Waals surface area (Å²) in [6.07, 6.45) is -9.16. The molecule has 0 saturated carbocycles. The van der Waals surface area contributed by atoms with Gasteiger partial charge in [-0.05, 0) is 73.9 Å². The Kier molecular flexibility index (Phi) is 8.81. The van der Waals surface area contributed by atoms with Crippen LogP contribution < -0.4 is 10.2 Å². The first-order valence-electron chi connectivity index (χ1n) is 13.6. The Hall–Kier alpha value is -4.04. The number of benzene rings is 2. The van der Waals surface area contributed by atoms with E-state index in [9.17, 15) is 50.5 Å². The van der Waals surface area contributed by atoms with Crippen LogP contribution in [0.5, 0.6) is 0 Å². The number of amides is 2. The minimum absolute atomic E-state index is 0.0206. The first-order valence-corrected chi connectivity index (χ1v) is 13.6. The molecule has 0 unspecified atom stereocenters. The Labute approximate surface area is 253 Å². The molecule has 1 aromatic heterocycles. The number of pyridine rings is 1. The zero-order valence-corrected chi connectivity index (χ0v) is 24.6. The maximum atomic E-state index is 14.1. The minimum Gasteiger partial charge on any atom is -0.394 e. The number of halogens is 7. The van der Waals surface area contributed by atoms with Crippen molar-refractivity contribution in [1.29, 1.82) is 0 Å². The summed E-state index contributed by atoms with van der Waals surface area (Å²) in [7, 11) is 1.27. The monoisotopic (exact) mass is 641 g/mol. The predicted octanol–water partition coefficient (Wildman–Crippen LogP) is 5.50. The van der Waals surface area contributed by atoms with E-state index in [2.05, 4.69) is 10.3 Å². The van der Waals surface area contributed by atoms with E-state index in [-0.39, 0.29) is 29.4 Å². The fourth-order valence-corrected chi connectivity index (χ4v) is 5.57. The molecule has 1 aliphatic heterocycles. The zero-order chi connectivity index (χ0) is 33.7. The SMILES string of the molecule is Cc1cc(F)ccc1-c1cc([C@H]2CC(=O)NC2(CO)CO)ncc1N(C)C(=O)C(C)(C)c1cc(C(F)(F)F)cc(C(F)(F)F)c1. The Morgan fingerprint density at radius 2 is 1.51 bits per heavy atom. The Balaban J connectivity index is 1.87. The smallest absolute Gasteiger partial charge is 0.394 e. The Bertz CT molecular complexity index is 1600. The number of rotatable bonds is 7. The van der Waals surface area contributed by atoms with Crippen LogP contribution in [-0.4, -0.2) is 52.8 Å². The summed E-state index contributed by atoms with van der Waals surface area (Å²) in [6, 6.07) is 6.27. The van der Waals surface area contributed by atoms with Crippen molar-refractivity contribution in [3.05, 3.63) is 82.4 Å². The van der Waals surface area contributed by atoms with E-state index in [4.69, 9.17) is 0 Å². The molecule has 14 heteroatoms. The lowest BCUT2D eigenvalue weighted by atomic mass is 9.81. The van der Waals surface area contributed by atoms with Gasteiger partial charge in [0.2, 0.25) is 11.8 Å². The lowest BCUT2D eigenvalue weighted by molar-refractivity contribution is -0.143. The van der Waals surface area contributed by atoms with E-state index >= 15 is 0 Å². The maximum absolute atomic E-state index is 14.1. The molecule has 0 bridgehead atoms. The number of carbonyl (C=O) groups excluding carboxylic acids is 2. The quantitative estimate of drug-likeness (QED) is 0.296. The molecule has 3 aromatic rings. The molecular weight excluding hydrogens is 611 g/mol. The molecule has 2 heterocycles. The van der Waals surface area contributed by atoms with Crippen LogP contribution in [0.25, 0.3) is 11.1 Å². The molecule has 1 saturated heterocycles. The second-order valence-electron chi connectivity index (χ2n) is 11.6. The van der Waals surface area contributed by atoms with Crippen molar-refractivity contribution in [3.63, 3.8) is 0 Å².